The van der Waals surface area contributed by atoms with E-state index in [0.29, 0.717) is 22.9 Å². The van der Waals surface area contributed by atoms with Crippen molar-refractivity contribution in [3.8, 4) is 17.1 Å². The first-order valence-electron chi connectivity index (χ1n) is 16.7. The average Bonchev–Trinajstić information content (AvgIpc) is 3.59. The van der Waals surface area contributed by atoms with E-state index in [0.717, 1.165) is 60.8 Å². The third kappa shape index (κ3) is 7.66. The Morgan fingerprint density at radius 3 is 2.42 bits per heavy atom. The van der Waals surface area contributed by atoms with Crippen LogP contribution in [0.3, 0.4) is 0 Å². The molecule has 4 aromatic rings. The van der Waals surface area contributed by atoms with E-state index < -0.39 is 0 Å². The van der Waals surface area contributed by atoms with Gasteiger partial charge in [-0.05, 0) is 80.6 Å². The largest absolute Gasteiger partial charge is 0.496 e. The lowest BCUT2D eigenvalue weighted by molar-refractivity contribution is -0.120. The van der Waals surface area contributed by atoms with Crippen LogP contribution in [-0.2, 0) is 10.2 Å². The smallest absolute Gasteiger partial charge is 0.227 e. The number of rotatable bonds is 14. The summed E-state index contributed by atoms with van der Waals surface area (Å²) in [6.07, 6.45) is 8.36. The van der Waals surface area contributed by atoms with E-state index in [1.165, 1.54) is 24.1 Å². The van der Waals surface area contributed by atoms with Gasteiger partial charge in [-0.15, -0.1) is 10.2 Å². The van der Waals surface area contributed by atoms with Gasteiger partial charge in [-0.3, -0.25) is 4.79 Å². The Bertz CT molecular complexity index is 1650. The van der Waals surface area contributed by atoms with Crippen LogP contribution >= 0.6 is 0 Å². The maximum absolute atomic E-state index is 13.1. The van der Waals surface area contributed by atoms with E-state index in [2.05, 4.69) is 100 Å². The fourth-order valence-corrected chi connectivity index (χ4v) is 5.83. The molecule has 1 amide bonds. The number of amides is 1. The highest BCUT2D eigenvalue weighted by atomic mass is 16.5. The molecule has 2 aromatic carbocycles. The number of carbonyl (C=O) groups is 1. The van der Waals surface area contributed by atoms with Gasteiger partial charge in [0.1, 0.15) is 5.75 Å². The summed E-state index contributed by atoms with van der Waals surface area (Å²) in [5, 5.41) is 18.4. The molecule has 0 saturated heterocycles. The zero-order valence-electron chi connectivity index (χ0n) is 28.8. The first kappa shape index (κ1) is 33.9. The van der Waals surface area contributed by atoms with Crippen LogP contribution in [0.5, 0.6) is 5.75 Å². The van der Waals surface area contributed by atoms with E-state index in [1.54, 1.807) is 7.11 Å². The van der Waals surface area contributed by atoms with E-state index in [1.807, 2.05) is 22.7 Å². The molecular formula is C37H52N6O2. The molecule has 2 heterocycles. The summed E-state index contributed by atoms with van der Waals surface area (Å²) in [5.74, 6) is 1.24. The molecular weight excluding hydrogens is 560 g/mol. The van der Waals surface area contributed by atoms with Crippen LogP contribution < -0.4 is 20.2 Å². The molecule has 8 nitrogen and oxygen atoms in total. The van der Waals surface area contributed by atoms with Gasteiger partial charge in [0, 0.05) is 41.0 Å². The van der Waals surface area contributed by atoms with Crippen molar-refractivity contribution in [2.45, 2.75) is 99.3 Å². The molecule has 0 spiro atoms. The molecule has 0 fully saturated rings. The molecule has 0 saturated carbocycles. The molecule has 2 aromatic heterocycles. The maximum atomic E-state index is 13.1. The maximum Gasteiger partial charge on any atom is 0.227 e. The minimum Gasteiger partial charge on any atom is -0.496 e. The molecule has 8 heteroatoms. The van der Waals surface area contributed by atoms with Gasteiger partial charge in [0.15, 0.2) is 11.5 Å². The highest BCUT2D eigenvalue weighted by Gasteiger charge is 2.26. The number of aromatic nitrogens is 4. The number of hydrogen-bond acceptors (Lipinski definition) is 6. The number of carbonyl (C=O) groups excluding carboxylic acids is 1. The third-order valence-corrected chi connectivity index (χ3v) is 8.61. The number of anilines is 2. The van der Waals surface area contributed by atoms with Gasteiger partial charge >= 0.3 is 0 Å². The number of ether oxygens (including phenoxy) is 1. The Kier molecular flexibility index (Phi) is 11.2. The first-order chi connectivity index (χ1) is 21.6. The van der Waals surface area contributed by atoms with Crippen LogP contribution in [-0.4, -0.2) is 45.9 Å². The second-order valence-corrected chi connectivity index (χ2v) is 13.0. The van der Waals surface area contributed by atoms with Crippen LogP contribution in [0.4, 0.5) is 11.4 Å². The quantitative estimate of drug-likeness (QED) is 0.157. The molecule has 0 radical (unpaired) electrons. The number of unbranched alkanes of at least 4 members (excludes halogenated alkanes) is 2. The SMILES string of the molecule is CCCCC(CC)C(=O)Nc1ccc(OC)c(-c2nnc3c(=Cc4ccc(N(CC)CCCC)cc4C)c(C(C)(C)C)nn23)c1. The molecule has 242 valence electrons. The molecule has 1 atom stereocenters. The van der Waals surface area contributed by atoms with Crippen molar-refractivity contribution in [1.29, 1.82) is 0 Å². The summed E-state index contributed by atoms with van der Waals surface area (Å²) in [4.78, 5) is 15.5. The van der Waals surface area contributed by atoms with Crippen molar-refractivity contribution in [2.24, 2.45) is 5.92 Å². The number of methoxy groups -OCH3 is 1. The first-order valence-corrected chi connectivity index (χ1v) is 16.7. The van der Waals surface area contributed by atoms with Gasteiger partial charge in [-0.1, -0.05) is 66.9 Å². The zero-order valence-corrected chi connectivity index (χ0v) is 28.8. The van der Waals surface area contributed by atoms with E-state index in [-0.39, 0.29) is 17.2 Å². The summed E-state index contributed by atoms with van der Waals surface area (Å²) in [6, 6.07) is 12.3. The molecule has 0 aliphatic carbocycles. The second-order valence-electron chi connectivity index (χ2n) is 13.0. The molecule has 0 bridgehead atoms. The van der Waals surface area contributed by atoms with E-state index in [4.69, 9.17) is 9.84 Å². The topological polar surface area (TPSA) is 84.6 Å². The second kappa shape index (κ2) is 14.9. The van der Waals surface area contributed by atoms with Gasteiger partial charge in [-0.2, -0.15) is 9.61 Å². The lowest BCUT2D eigenvalue weighted by Crippen LogP contribution is -2.24. The molecule has 0 aliphatic rings. The predicted octanol–water partition coefficient (Wildman–Crippen LogP) is 7.73. The molecule has 4 rings (SSSR count). The zero-order chi connectivity index (χ0) is 32.7. The monoisotopic (exact) mass is 612 g/mol. The molecule has 1 N–H and O–H groups in total. The van der Waals surface area contributed by atoms with Gasteiger partial charge in [0.2, 0.25) is 5.91 Å². The number of aryl methyl sites for hydroxylation is 1. The number of nitrogens with one attached hydrogen (secondary N) is 1. The van der Waals surface area contributed by atoms with Crippen molar-refractivity contribution in [2.75, 3.05) is 30.4 Å². The minimum atomic E-state index is -0.232. The van der Waals surface area contributed by atoms with Gasteiger partial charge < -0.3 is 15.0 Å². The summed E-state index contributed by atoms with van der Waals surface area (Å²) in [5.41, 5.74) is 6.42. The minimum absolute atomic E-state index is 0.0154. The Balaban J connectivity index is 1.79. The van der Waals surface area contributed by atoms with Gasteiger partial charge in [-0.25, -0.2) is 0 Å². The van der Waals surface area contributed by atoms with Crippen LogP contribution in [0.15, 0.2) is 36.4 Å². The Morgan fingerprint density at radius 1 is 1.04 bits per heavy atom. The highest BCUT2D eigenvalue weighted by Crippen LogP contribution is 2.33. The van der Waals surface area contributed by atoms with Crippen LogP contribution in [0.1, 0.15) is 104 Å². The number of fused-ring (bicyclic) bond motifs is 1. The van der Waals surface area contributed by atoms with Gasteiger partial charge in [0.25, 0.3) is 0 Å². The number of nitrogens with zero attached hydrogens (tertiary/aromatic N) is 5. The standard InChI is InChI=1S/C37H52N6O2/c1-10-14-16-26(12-3)36(44)38-28-18-20-32(45-9)30(24-28)34-39-40-35-31(33(37(6,7)8)41-43(34)35)23-27-17-19-29(22-25(27)5)42(13-4)21-15-11-2/h17-20,22-24,26H,10-16,21H2,1-9H3,(H,38,44). The number of benzene rings is 2. The molecule has 45 heavy (non-hydrogen) atoms. The van der Waals surface area contributed by atoms with Crippen LogP contribution in [0.25, 0.3) is 23.1 Å². The fourth-order valence-electron chi connectivity index (χ4n) is 5.83. The van der Waals surface area contributed by atoms with E-state index in [9.17, 15) is 4.79 Å². The normalized spacial score (nSPS) is 13.0. The average molecular weight is 613 g/mol. The Morgan fingerprint density at radius 2 is 1.80 bits per heavy atom. The van der Waals surface area contributed by atoms with Crippen molar-refractivity contribution in [3.05, 3.63) is 58.4 Å². The fraction of sp³-hybridized carbons (Fsp3) is 0.514. The van der Waals surface area contributed by atoms with Crippen molar-refractivity contribution in [1.82, 2.24) is 19.8 Å². The summed E-state index contributed by atoms with van der Waals surface area (Å²) >= 11 is 0. The predicted molar refractivity (Wildman–Crippen MR) is 186 cm³/mol. The Labute approximate surface area is 269 Å². The van der Waals surface area contributed by atoms with Crippen molar-refractivity contribution in [3.63, 3.8) is 0 Å². The van der Waals surface area contributed by atoms with Crippen LogP contribution in [0, 0.1) is 12.8 Å². The third-order valence-electron chi connectivity index (χ3n) is 8.61. The van der Waals surface area contributed by atoms with E-state index >= 15 is 0 Å². The summed E-state index contributed by atoms with van der Waals surface area (Å²) in [6.45, 7) is 19.4. The Hall–Kier alpha value is -3.94. The van der Waals surface area contributed by atoms with Crippen LogP contribution in [0.2, 0.25) is 0 Å². The summed E-state index contributed by atoms with van der Waals surface area (Å²) < 4.78 is 7.56. The highest BCUT2D eigenvalue weighted by molar-refractivity contribution is 5.93. The lowest BCUT2D eigenvalue weighted by Gasteiger charge is -2.23. The molecule has 0 aliphatic heterocycles. The van der Waals surface area contributed by atoms with Crippen molar-refractivity contribution < 1.29 is 9.53 Å². The number of hydrogen-bond donors (Lipinski definition) is 1. The van der Waals surface area contributed by atoms with Gasteiger partial charge in [0.05, 0.1) is 18.4 Å². The molecule has 1 unspecified atom stereocenters. The lowest BCUT2D eigenvalue weighted by atomic mass is 9.90. The summed E-state index contributed by atoms with van der Waals surface area (Å²) in [7, 11) is 1.64. The van der Waals surface area contributed by atoms with Crippen molar-refractivity contribution >= 4 is 29.0 Å².